The lowest BCUT2D eigenvalue weighted by Gasteiger charge is -2.34. The molecule has 18 heavy (non-hydrogen) atoms. The van der Waals surface area contributed by atoms with Crippen LogP contribution in [0, 0.1) is 11.3 Å². The van der Waals surface area contributed by atoms with Gasteiger partial charge in [0, 0.05) is 19.6 Å². The van der Waals surface area contributed by atoms with Gasteiger partial charge in [0.2, 0.25) is 5.91 Å². The monoisotopic (exact) mass is 250 g/mol. The van der Waals surface area contributed by atoms with E-state index in [0.29, 0.717) is 11.3 Å². The maximum Gasteiger partial charge on any atom is 0.226 e. The molecule has 0 radical (unpaired) electrons. The topological polar surface area (TPSA) is 32.3 Å². The number of hydrogen-bond acceptors (Lipinski definition) is 2. The first-order valence-electron chi connectivity index (χ1n) is 7.79. The third-order valence-electron chi connectivity index (χ3n) is 5.31. The van der Waals surface area contributed by atoms with Gasteiger partial charge in [-0.25, -0.2) is 0 Å². The Hall–Kier alpha value is -0.570. The number of rotatable bonds is 1. The average Bonchev–Trinajstić information content (AvgIpc) is 2.83. The fraction of sp³-hybridized carbons (Fsp3) is 0.933. The Morgan fingerprint density at radius 3 is 2.67 bits per heavy atom. The van der Waals surface area contributed by atoms with Gasteiger partial charge in [-0.05, 0) is 44.1 Å². The SMILES string of the molecule is O=C([C@@H]1CCCNC1)N1CCC2(CCCCC2)C1. The number of carbonyl (C=O) groups is 1. The Morgan fingerprint density at radius 1 is 1.11 bits per heavy atom. The highest BCUT2D eigenvalue weighted by atomic mass is 16.2. The van der Waals surface area contributed by atoms with Crippen LogP contribution in [0.1, 0.15) is 51.4 Å². The number of carbonyl (C=O) groups excluding carboxylic acids is 1. The molecule has 0 unspecified atom stereocenters. The second kappa shape index (κ2) is 5.20. The van der Waals surface area contributed by atoms with E-state index in [1.807, 2.05) is 0 Å². The van der Waals surface area contributed by atoms with Gasteiger partial charge in [-0.3, -0.25) is 4.79 Å². The highest BCUT2D eigenvalue weighted by molar-refractivity contribution is 5.79. The lowest BCUT2D eigenvalue weighted by Crippen LogP contribution is -2.43. The molecule has 2 saturated heterocycles. The zero-order chi connectivity index (χ0) is 12.4. The van der Waals surface area contributed by atoms with Crippen LogP contribution in [0.15, 0.2) is 0 Å². The van der Waals surface area contributed by atoms with Gasteiger partial charge in [0.25, 0.3) is 0 Å². The predicted molar refractivity (Wildman–Crippen MR) is 72.3 cm³/mol. The van der Waals surface area contributed by atoms with Gasteiger partial charge < -0.3 is 10.2 Å². The normalized spacial score (nSPS) is 31.8. The molecule has 0 aromatic heterocycles. The maximum atomic E-state index is 12.5. The zero-order valence-electron chi connectivity index (χ0n) is 11.4. The van der Waals surface area contributed by atoms with Crippen LogP contribution in [0.2, 0.25) is 0 Å². The second-order valence-corrected chi connectivity index (χ2v) is 6.61. The minimum absolute atomic E-state index is 0.262. The Bertz CT molecular complexity index is 304. The molecular formula is C15H26N2O. The highest BCUT2D eigenvalue weighted by Crippen LogP contribution is 2.44. The van der Waals surface area contributed by atoms with Gasteiger partial charge in [-0.2, -0.15) is 0 Å². The van der Waals surface area contributed by atoms with Gasteiger partial charge in [0.05, 0.1) is 5.92 Å². The number of piperidine rings is 1. The molecule has 3 rings (SSSR count). The van der Waals surface area contributed by atoms with Gasteiger partial charge in [-0.15, -0.1) is 0 Å². The summed E-state index contributed by atoms with van der Waals surface area (Å²) < 4.78 is 0. The number of nitrogens with one attached hydrogen (secondary N) is 1. The summed E-state index contributed by atoms with van der Waals surface area (Å²) in [6, 6.07) is 0. The second-order valence-electron chi connectivity index (χ2n) is 6.61. The van der Waals surface area contributed by atoms with E-state index in [9.17, 15) is 4.79 Å². The Labute approximate surface area is 110 Å². The third kappa shape index (κ3) is 2.42. The summed E-state index contributed by atoms with van der Waals surface area (Å²) in [6.45, 7) is 4.08. The van der Waals surface area contributed by atoms with E-state index in [2.05, 4.69) is 10.2 Å². The Morgan fingerprint density at radius 2 is 1.94 bits per heavy atom. The summed E-state index contributed by atoms with van der Waals surface area (Å²) in [5.41, 5.74) is 0.510. The minimum Gasteiger partial charge on any atom is -0.342 e. The summed E-state index contributed by atoms with van der Waals surface area (Å²) in [4.78, 5) is 14.7. The molecule has 3 aliphatic rings. The zero-order valence-corrected chi connectivity index (χ0v) is 11.4. The summed E-state index contributed by atoms with van der Waals surface area (Å²) in [6.07, 6.45) is 10.4. The first kappa shape index (κ1) is 12.5. The lowest BCUT2D eigenvalue weighted by atomic mass is 9.73. The molecule has 3 heteroatoms. The van der Waals surface area contributed by atoms with Crippen LogP contribution in [0.25, 0.3) is 0 Å². The van der Waals surface area contributed by atoms with Crippen molar-refractivity contribution in [3.8, 4) is 0 Å². The molecule has 0 aromatic carbocycles. The van der Waals surface area contributed by atoms with E-state index in [0.717, 1.165) is 39.0 Å². The molecule has 1 spiro atoms. The van der Waals surface area contributed by atoms with E-state index in [1.165, 1.54) is 38.5 Å². The summed E-state index contributed by atoms with van der Waals surface area (Å²) in [5.74, 6) is 0.696. The van der Waals surface area contributed by atoms with Gasteiger partial charge in [-0.1, -0.05) is 19.3 Å². The fourth-order valence-corrected chi connectivity index (χ4v) is 4.15. The standard InChI is InChI=1S/C15H26N2O/c18-14(13-5-4-9-16-11-13)17-10-8-15(12-17)6-2-1-3-7-15/h13,16H,1-12H2/t13-/m1/s1. The first-order valence-corrected chi connectivity index (χ1v) is 7.79. The quantitative estimate of drug-likeness (QED) is 0.773. The highest BCUT2D eigenvalue weighted by Gasteiger charge is 2.41. The molecule has 1 N–H and O–H groups in total. The van der Waals surface area contributed by atoms with Crippen molar-refractivity contribution >= 4 is 5.91 Å². The fourth-order valence-electron chi connectivity index (χ4n) is 4.15. The van der Waals surface area contributed by atoms with Crippen LogP contribution in [0.4, 0.5) is 0 Å². The molecule has 3 nitrogen and oxygen atoms in total. The van der Waals surface area contributed by atoms with Crippen LogP contribution < -0.4 is 5.32 Å². The molecule has 0 bridgehead atoms. The van der Waals surface area contributed by atoms with Gasteiger partial charge >= 0.3 is 0 Å². The van der Waals surface area contributed by atoms with Crippen LogP contribution in [0.5, 0.6) is 0 Å². The molecule has 2 aliphatic heterocycles. The molecule has 1 aliphatic carbocycles. The molecule has 1 atom stereocenters. The Balaban J connectivity index is 1.59. The summed E-state index contributed by atoms with van der Waals surface area (Å²) in [7, 11) is 0. The smallest absolute Gasteiger partial charge is 0.226 e. The van der Waals surface area contributed by atoms with E-state index in [4.69, 9.17) is 0 Å². The van der Waals surface area contributed by atoms with E-state index >= 15 is 0 Å². The van der Waals surface area contributed by atoms with Crippen molar-refractivity contribution < 1.29 is 4.79 Å². The van der Waals surface area contributed by atoms with Crippen molar-refractivity contribution in [1.29, 1.82) is 0 Å². The Kier molecular flexibility index (Phi) is 3.60. The lowest BCUT2D eigenvalue weighted by molar-refractivity contribution is -0.135. The minimum atomic E-state index is 0.262. The maximum absolute atomic E-state index is 12.5. The van der Waals surface area contributed by atoms with Gasteiger partial charge in [0.1, 0.15) is 0 Å². The number of likely N-dealkylation sites (tertiary alicyclic amines) is 1. The molecule has 0 aromatic rings. The van der Waals surface area contributed by atoms with Crippen LogP contribution in [-0.2, 0) is 4.79 Å². The van der Waals surface area contributed by atoms with Gasteiger partial charge in [0.15, 0.2) is 0 Å². The van der Waals surface area contributed by atoms with Crippen LogP contribution in [0.3, 0.4) is 0 Å². The van der Waals surface area contributed by atoms with E-state index in [-0.39, 0.29) is 5.92 Å². The third-order valence-corrected chi connectivity index (χ3v) is 5.31. The predicted octanol–water partition coefficient (Wildman–Crippen LogP) is 2.17. The largest absolute Gasteiger partial charge is 0.342 e. The molecular weight excluding hydrogens is 224 g/mol. The van der Waals surface area contributed by atoms with Crippen molar-refractivity contribution in [1.82, 2.24) is 10.2 Å². The molecule has 2 heterocycles. The van der Waals surface area contributed by atoms with Crippen molar-refractivity contribution in [3.63, 3.8) is 0 Å². The average molecular weight is 250 g/mol. The first-order chi connectivity index (χ1) is 8.79. The number of amides is 1. The van der Waals surface area contributed by atoms with E-state index < -0.39 is 0 Å². The van der Waals surface area contributed by atoms with Crippen molar-refractivity contribution in [3.05, 3.63) is 0 Å². The summed E-state index contributed by atoms with van der Waals surface area (Å²) in [5, 5.41) is 3.36. The molecule has 102 valence electrons. The van der Waals surface area contributed by atoms with Crippen LogP contribution >= 0.6 is 0 Å². The van der Waals surface area contributed by atoms with Crippen LogP contribution in [-0.4, -0.2) is 37.0 Å². The van der Waals surface area contributed by atoms with E-state index in [1.54, 1.807) is 0 Å². The molecule has 1 amide bonds. The van der Waals surface area contributed by atoms with Crippen molar-refractivity contribution in [2.45, 2.75) is 51.4 Å². The number of hydrogen-bond donors (Lipinski definition) is 1. The molecule has 1 saturated carbocycles. The van der Waals surface area contributed by atoms with Crippen molar-refractivity contribution in [2.75, 3.05) is 26.2 Å². The molecule has 3 fully saturated rings. The summed E-state index contributed by atoms with van der Waals surface area (Å²) >= 11 is 0. The number of nitrogens with zero attached hydrogens (tertiary/aromatic N) is 1. The van der Waals surface area contributed by atoms with Crippen molar-refractivity contribution in [2.24, 2.45) is 11.3 Å².